The lowest BCUT2D eigenvalue weighted by Crippen LogP contribution is -2.32. The van der Waals surface area contributed by atoms with Crippen LogP contribution in [0.2, 0.25) is 0 Å². The van der Waals surface area contributed by atoms with Crippen molar-refractivity contribution < 1.29 is 18.3 Å². The van der Waals surface area contributed by atoms with Crippen LogP contribution in [0.25, 0.3) is 0 Å². The predicted octanol–water partition coefficient (Wildman–Crippen LogP) is 2.34. The van der Waals surface area contributed by atoms with E-state index >= 15 is 0 Å². The Balaban J connectivity index is 2.35. The zero-order valence-corrected chi connectivity index (χ0v) is 13.9. The smallest absolute Gasteiger partial charge is 0.345 e. The number of rotatable bonds is 3. The highest BCUT2D eigenvalue weighted by Gasteiger charge is 2.29. The van der Waals surface area contributed by atoms with Gasteiger partial charge in [0.05, 0.1) is 3.79 Å². The summed E-state index contributed by atoms with van der Waals surface area (Å²) in [5.74, 6) is 0.614. The molecule has 0 radical (unpaired) electrons. The second kappa shape index (κ2) is 6.13. The molecule has 0 bridgehead atoms. The van der Waals surface area contributed by atoms with Crippen LogP contribution in [0.15, 0.2) is 14.7 Å². The molecule has 0 amide bonds. The molecule has 1 fully saturated rings. The van der Waals surface area contributed by atoms with Crippen molar-refractivity contribution in [2.75, 3.05) is 24.6 Å². The Morgan fingerprint density at radius 2 is 2.11 bits per heavy atom. The zero-order chi connectivity index (χ0) is 14.0. The molecule has 106 valence electrons. The van der Waals surface area contributed by atoms with Crippen molar-refractivity contribution in [3.05, 3.63) is 14.7 Å². The number of halogens is 1. The Morgan fingerprint density at radius 3 is 2.74 bits per heavy atom. The molecule has 19 heavy (non-hydrogen) atoms. The molecule has 0 atom stereocenters. The largest absolute Gasteiger partial charge is 0.477 e. The molecule has 9 heteroatoms. The molecule has 2 heterocycles. The number of carbonyl (C=O) groups is 1. The van der Waals surface area contributed by atoms with Crippen LogP contribution in [-0.4, -0.2) is 48.4 Å². The number of nitrogens with zero attached hydrogens (tertiary/aromatic N) is 1. The minimum atomic E-state index is -3.61. The van der Waals surface area contributed by atoms with Gasteiger partial charge in [-0.2, -0.15) is 16.1 Å². The molecular weight excluding hydrogens is 374 g/mol. The van der Waals surface area contributed by atoms with Crippen molar-refractivity contribution in [3.63, 3.8) is 0 Å². The Morgan fingerprint density at radius 1 is 1.37 bits per heavy atom. The van der Waals surface area contributed by atoms with Gasteiger partial charge in [-0.15, -0.1) is 11.3 Å². The number of carboxylic acids is 1. The molecule has 5 nitrogen and oxygen atoms in total. The van der Waals surface area contributed by atoms with Crippen molar-refractivity contribution in [2.45, 2.75) is 11.3 Å². The lowest BCUT2D eigenvalue weighted by atomic mass is 10.5. The molecule has 0 aromatic carbocycles. The number of aromatic carboxylic acids is 1. The molecule has 0 unspecified atom stereocenters. The highest BCUT2D eigenvalue weighted by atomic mass is 79.9. The Labute approximate surface area is 128 Å². The summed E-state index contributed by atoms with van der Waals surface area (Å²) in [5, 5.41) is 8.92. The van der Waals surface area contributed by atoms with Gasteiger partial charge in [0.2, 0.25) is 10.0 Å². The third-order valence-electron chi connectivity index (χ3n) is 2.67. The maximum absolute atomic E-state index is 12.5. The van der Waals surface area contributed by atoms with E-state index in [1.807, 2.05) is 0 Å². The topological polar surface area (TPSA) is 74.7 Å². The molecular formula is C10H12BrNO4S3. The van der Waals surface area contributed by atoms with Crippen LogP contribution in [0, 0.1) is 0 Å². The quantitative estimate of drug-likeness (QED) is 0.863. The average molecular weight is 386 g/mol. The van der Waals surface area contributed by atoms with E-state index in [0.717, 1.165) is 29.3 Å². The van der Waals surface area contributed by atoms with Crippen LogP contribution in [0.3, 0.4) is 0 Å². The van der Waals surface area contributed by atoms with Gasteiger partial charge in [0.25, 0.3) is 0 Å². The normalized spacial score (nSPS) is 18.2. The number of hydrogen-bond donors (Lipinski definition) is 1. The van der Waals surface area contributed by atoms with Crippen LogP contribution in [-0.2, 0) is 10.0 Å². The molecule has 0 saturated carbocycles. The van der Waals surface area contributed by atoms with Crippen molar-refractivity contribution >= 4 is 55.0 Å². The minimum absolute atomic E-state index is 0.0228. The van der Waals surface area contributed by atoms with Crippen molar-refractivity contribution in [1.29, 1.82) is 0 Å². The van der Waals surface area contributed by atoms with E-state index in [-0.39, 0.29) is 9.77 Å². The lowest BCUT2D eigenvalue weighted by Gasteiger charge is -2.18. The standard InChI is InChI=1S/C10H12BrNO4S3/c11-9-8(6-7(18-9)10(13)14)19(15,16)12-2-1-4-17-5-3-12/h6H,1-5H2,(H,13,14). The molecule has 2 rings (SSSR count). The summed E-state index contributed by atoms with van der Waals surface area (Å²) in [6, 6.07) is 1.23. The van der Waals surface area contributed by atoms with E-state index in [1.165, 1.54) is 10.4 Å². The number of carboxylic acid groups (broad SMARTS) is 1. The van der Waals surface area contributed by atoms with Gasteiger partial charge in [-0.1, -0.05) is 0 Å². The summed E-state index contributed by atoms with van der Waals surface area (Å²) in [4.78, 5) is 11.0. The van der Waals surface area contributed by atoms with E-state index in [2.05, 4.69) is 15.9 Å². The number of thiophene rings is 1. The van der Waals surface area contributed by atoms with Crippen LogP contribution < -0.4 is 0 Å². The number of hydrogen-bond acceptors (Lipinski definition) is 5. The van der Waals surface area contributed by atoms with Gasteiger partial charge in [-0.25, -0.2) is 13.2 Å². The monoisotopic (exact) mass is 385 g/mol. The summed E-state index contributed by atoms with van der Waals surface area (Å²) in [5.41, 5.74) is 0. The van der Waals surface area contributed by atoms with Gasteiger partial charge >= 0.3 is 5.97 Å². The van der Waals surface area contributed by atoms with E-state index in [1.54, 1.807) is 11.8 Å². The fourth-order valence-electron chi connectivity index (χ4n) is 1.74. The van der Waals surface area contributed by atoms with E-state index in [9.17, 15) is 13.2 Å². The molecule has 1 N–H and O–H groups in total. The molecule has 1 aliphatic rings. The Bertz CT molecular complexity index is 576. The van der Waals surface area contributed by atoms with E-state index in [0.29, 0.717) is 16.9 Å². The molecule has 0 spiro atoms. The first-order chi connectivity index (χ1) is 8.93. The fraction of sp³-hybridized carbons (Fsp3) is 0.500. The maximum atomic E-state index is 12.5. The SMILES string of the molecule is O=C(O)c1cc(S(=O)(=O)N2CCCSCC2)c(Br)s1. The van der Waals surface area contributed by atoms with Gasteiger partial charge in [-0.3, -0.25) is 0 Å². The predicted molar refractivity (Wildman–Crippen MR) is 79.7 cm³/mol. The first-order valence-electron chi connectivity index (χ1n) is 5.53. The number of thioether (sulfide) groups is 1. The second-order valence-electron chi connectivity index (χ2n) is 3.92. The first-order valence-corrected chi connectivity index (χ1v) is 9.74. The van der Waals surface area contributed by atoms with Crippen molar-refractivity contribution in [3.8, 4) is 0 Å². The fourth-order valence-corrected chi connectivity index (χ4v) is 6.57. The summed E-state index contributed by atoms with van der Waals surface area (Å²) in [7, 11) is -3.61. The molecule has 1 aliphatic heterocycles. The number of sulfonamides is 1. The van der Waals surface area contributed by atoms with Gasteiger partial charge < -0.3 is 5.11 Å². The molecule has 1 saturated heterocycles. The van der Waals surface area contributed by atoms with Crippen molar-refractivity contribution in [1.82, 2.24) is 4.31 Å². The Hall–Kier alpha value is -0.0900. The summed E-state index contributed by atoms with van der Waals surface area (Å²) < 4.78 is 26.8. The van der Waals surface area contributed by atoms with E-state index < -0.39 is 16.0 Å². The lowest BCUT2D eigenvalue weighted by molar-refractivity contribution is 0.0702. The summed E-state index contributed by atoms with van der Waals surface area (Å²) >= 11 is 5.81. The maximum Gasteiger partial charge on any atom is 0.345 e. The third-order valence-corrected chi connectivity index (χ3v) is 7.85. The first kappa shape index (κ1) is 15.3. The van der Waals surface area contributed by atoms with Crippen LogP contribution >= 0.6 is 39.0 Å². The summed E-state index contributed by atoms with van der Waals surface area (Å²) in [6.07, 6.45) is 0.817. The van der Waals surface area contributed by atoms with Crippen molar-refractivity contribution in [2.24, 2.45) is 0 Å². The van der Waals surface area contributed by atoms with Gasteiger partial charge in [0.1, 0.15) is 9.77 Å². The zero-order valence-electron chi connectivity index (χ0n) is 9.83. The summed E-state index contributed by atoms with van der Waals surface area (Å²) in [6.45, 7) is 0.956. The van der Waals surface area contributed by atoms with Gasteiger partial charge in [0.15, 0.2) is 0 Å². The third kappa shape index (κ3) is 3.33. The van der Waals surface area contributed by atoms with E-state index in [4.69, 9.17) is 5.11 Å². The van der Waals surface area contributed by atoms with Crippen LogP contribution in [0.5, 0.6) is 0 Å². The highest BCUT2D eigenvalue weighted by molar-refractivity contribution is 9.11. The molecule has 1 aromatic heterocycles. The van der Waals surface area contributed by atoms with Gasteiger partial charge in [-0.05, 0) is 34.2 Å². The van der Waals surface area contributed by atoms with Crippen LogP contribution in [0.1, 0.15) is 16.1 Å². The van der Waals surface area contributed by atoms with Gasteiger partial charge in [0, 0.05) is 18.8 Å². The second-order valence-corrected chi connectivity index (χ2v) is 9.42. The average Bonchev–Trinajstić information content (AvgIpc) is 2.59. The molecule has 1 aromatic rings. The Kier molecular flexibility index (Phi) is 4.93. The highest BCUT2D eigenvalue weighted by Crippen LogP contribution is 2.34. The minimum Gasteiger partial charge on any atom is -0.477 e. The molecule has 0 aliphatic carbocycles. The van der Waals surface area contributed by atoms with Crippen LogP contribution in [0.4, 0.5) is 0 Å².